The lowest BCUT2D eigenvalue weighted by Crippen LogP contribution is -1.85. The quantitative estimate of drug-likeness (QED) is 0.596. The van der Waals surface area contributed by atoms with Crippen LogP contribution in [0.15, 0.2) is 24.4 Å². The van der Waals surface area contributed by atoms with Crippen molar-refractivity contribution in [3.8, 4) is 0 Å². The number of nitrogens with zero attached hydrogens (tertiary/aromatic N) is 1. The highest BCUT2D eigenvalue weighted by molar-refractivity contribution is 5.25. The topological polar surface area (TPSA) is 38.9 Å². The molecule has 1 aromatic heterocycles. The van der Waals surface area contributed by atoms with Gasteiger partial charge >= 0.3 is 0 Å². The van der Waals surface area contributed by atoms with Gasteiger partial charge in [0.25, 0.3) is 0 Å². The molecule has 0 atom stereocenters. The van der Waals surface area contributed by atoms with Crippen LogP contribution in [0.3, 0.4) is 0 Å². The van der Waals surface area contributed by atoms with Gasteiger partial charge in [0.1, 0.15) is 5.82 Å². The average Bonchev–Trinajstić information content (AvgIpc) is 1.91. The molecule has 2 heteroatoms. The maximum atomic E-state index is 5.25. The van der Waals surface area contributed by atoms with Crippen LogP contribution in [0.5, 0.6) is 0 Å². The van der Waals surface area contributed by atoms with Gasteiger partial charge in [0.15, 0.2) is 0 Å². The average molecular weight is 138 g/mol. The third-order valence-corrected chi connectivity index (χ3v) is 0.688. The molecule has 0 saturated carbocycles. The van der Waals surface area contributed by atoms with Crippen molar-refractivity contribution in [2.75, 3.05) is 5.73 Å². The molecule has 0 bridgehead atoms. The van der Waals surface area contributed by atoms with Crippen molar-refractivity contribution in [2.24, 2.45) is 0 Å². The van der Waals surface area contributed by atoms with Gasteiger partial charge in [0.2, 0.25) is 0 Å². The molecule has 0 saturated heterocycles. The fourth-order valence-corrected chi connectivity index (χ4v) is 0.376. The van der Waals surface area contributed by atoms with Crippen LogP contribution in [0.25, 0.3) is 0 Å². The van der Waals surface area contributed by atoms with Crippen LogP contribution in [0.1, 0.15) is 20.3 Å². The maximum Gasteiger partial charge on any atom is 0.123 e. The minimum Gasteiger partial charge on any atom is -0.384 e. The van der Waals surface area contributed by atoms with E-state index in [1.165, 1.54) is 6.42 Å². The number of aromatic nitrogens is 1. The lowest BCUT2D eigenvalue weighted by atomic mass is 10.5. The molecule has 1 rings (SSSR count). The predicted molar refractivity (Wildman–Crippen MR) is 44.6 cm³/mol. The molecule has 0 aromatic carbocycles. The SMILES string of the molecule is CCC.Nc1ccccn1. The van der Waals surface area contributed by atoms with Crippen LogP contribution < -0.4 is 5.73 Å². The van der Waals surface area contributed by atoms with E-state index < -0.39 is 0 Å². The highest BCUT2D eigenvalue weighted by Gasteiger charge is 1.73. The number of rotatable bonds is 0. The van der Waals surface area contributed by atoms with E-state index in [2.05, 4.69) is 18.8 Å². The van der Waals surface area contributed by atoms with E-state index >= 15 is 0 Å². The van der Waals surface area contributed by atoms with Gasteiger partial charge in [-0.25, -0.2) is 4.98 Å². The summed E-state index contributed by atoms with van der Waals surface area (Å²) in [4.78, 5) is 3.76. The van der Waals surface area contributed by atoms with Crippen molar-refractivity contribution in [1.82, 2.24) is 4.98 Å². The summed E-state index contributed by atoms with van der Waals surface area (Å²) in [5.74, 6) is 0.572. The third kappa shape index (κ3) is 5.09. The first-order valence-corrected chi connectivity index (χ1v) is 3.47. The smallest absolute Gasteiger partial charge is 0.123 e. The van der Waals surface area contributed by atoms with Gasteiger partial charge in [-0.1, -0.05) is 26.3 Å². The molecule has 1 heterocycles. The monoisotopic (exact) mass is 138 g/mol. The Balaban J connectivity index is 0.000000236. The summed E-state index contributed by atoms with van der Waals surface area (Å²) in [5.41, 5.74) is 5.25. The summed E-state index contributed by atoms with van der Waals surface area (Å²) in [5, 5.41) is 0. The van der Waals surface area contributed by atoms with E-state index in [4.69, 9.17) is 5.73 Å². The number of anilines is 1. The van der Waals surface area contributed by atoms with Gasteiger partial charge in [-0.2, -0.15) is 0 Å². The van der Waals surface area contributed by atoms with Gasteiger partial charge in [0, 0.05) is 6.20 Å². The Morgan fingerprint density at radius 2 is 2.00 bits per heavy atom. The zero-order valence-corrected chi connectivity index (χ0v) is 6.54. The van der Waals surface area contributed by atoms with Gasteiger partial charge in [-0.15, -0.1) is 0 Å². The summed E-state index contributed by atoms with van der Waals surface area (Å²) < 4.78 is 0. The lowest BCUT2D eigenvalue weighted by molar-refractivity contribution is 1.09. The van der Waals surface area contributed by atoms with Crippen LogP contribution >= 0.6 is 0 Å². The summed E-state index contributed by atoms with van der Waals surface area (Å²) >= 11 is 0. The van der Waals surface area contributed by atoms with Crippen LogP contribution in [-0.4, -0.2) is 4.98 Å². The van der Waals surface area contributed by atoms with Gasteiger partial charge in [-0.05, 0) is 12.1 Å². The fraction of sp³-hybridized carbons (Fsp3) is 0.375. The fourth-order valence-electron chi connectivity index (χ4n) is 0.376. The molecule has 10 heavy (non-hydrogen) atoms. The largest absolute Gasteiger partial charge is 0.384 e. The van der Waals surface area contributed by atoms with Crippen molar-refractivity contribution in [1.29, 1.82) is 0 Å². The molecule has 0 unspecified atom stereocenters. The van der Waals surface area contributed by atoms with E-state index in [-0.39, 0.29) is 0 Å². The van der Waals surface area contributed by atoms with Crippen LogP contribution in [0, 0.1) is 0 Å². The van der Waals surface area contributed by atoms with Gasteiger partial charge in [-0.3, -0.25) is 0 Å². The highest BCUT2D eigenvalue weighted by atomic mass is 14.8. The zero-order valence-electron chi connectivity index (χ0n) is 6.54. The van der Waals surface area contributed by atoms with E-state index in [9.17, 15) is 0 Å². The Morgan fingerprint density at radius 3 is 2.20 bits per heavy atom. The molecular formula is C8H14N2. The summed E-state index contributed by atoms with van der Waals surface area (Å²) in [6, 6.07) is 5.43. The number of hydrogen-bond donors (Lipinski definition) is 1. The third-order valence-electron chi connectivity index (χ3n) is 0.688. The normalized spacial score (nSPS) is 7.80. The predicted octanol–water partition coefficient (Wildman–Crippen LogP) is 2.08. The second-order valence-corrected chi connectivity index (χ2v) is 1.96. The molecule has 0 radical (unpaired) electrons. The van der Waals surface area contributed by atoms with E-state index in [1.54, 1.807) is 12.3 Å². The molecule has 0 amide bonds. The van der Waals surface area contributed by atoms with Crippen molar-refractivity contribution in [3.63, 3.8) is 0 Å². The van der Waals surface area contributed by atoms with E-state index in [1.807, 2.05) is 12.1 Å². The van der Waals surface area contributed by atoms with Crippen molar-refractivity contribution in [2.45, 2.75) is 20.3 Å². The van der Waals surface area contributed by atoms with E-state index in [0.717, 1.165) is 0 Å². The molecule has 2 nitrogen and oxygen atoms in total. The zero-order chi connectivity index (χ0) is 7.82. The Bertz CT molecular complexity index is 149. The highest BCUT2D eigenvalue weighted by Crippen LogP contribution is 1.89. The molecule has 1 aromatic rings. The second-order valence-electron chi connectivity index (χ2n) is 1.96. The molecule has 0 aliphatic carbocycles. The van der Waals surface area contributed by atoms with Crippen LogP contribution in [0.4, 0.5) is 5.82 Å². The van der Waals surface area contributed by atoms with Gasteiger partial charge in [0.05, 0.1) is 0 Å². The van der Waals surface area contributed by atoms with Crippen molar-refractivity contribution < 1.29 is 0 Å². The minimum absolute atomic E-state index is 0.572. The number of nitrogens with two attached hydrogens (primary N) is 1. The molecule has 0 spiro atoms. The van der Waals surface area contributed by atoms with Crippen LogP contribution in [0.2, 0.25) is 0 Å². The maximum absolute atomic E-state index is 5.25. The number of nitrogen functional groups attached to an aromatic ring is 1. The first-order chi connectivity index (χ1) is 4.81. The summed E-state index contributed by atoms with van der Waals surface area (Å²) in [6.07, 6.45) is 2.91. The molecular weight excluding hydrogens is 124 g/mol. The van der Waals surface area contributed by atoms with Gasteiger partial charge < -0.3 is 5.73 Å². The first-order valence-electron chi connectivity index (χ1n) is 3.47. The molecule has 56 valence electrons. The summed E-state index contributed by atoms with van der Waals surface area (Å²) in [7, 11) is 0. The number of hydrogen-bond acceptors (Lipinski definition) is 2. The van der Waals surface area contributed by atoms with Crippen molar-refractivity contribution >= 4 is 5.82 Å². The van der Waals surface area contributed by atoms with Crippen molar-refractivity contribution in [3.05, 3.63) is 24.4 Å². The Kier molecular flexibility index (Phi) is 5.44. The molecule has 0 aliphatic rings. The first kappa shape index (κ1) is 8.95. The Labute approximate surface area is 62.1 Å². The second kappa shape index (κ2) is 6.08. The molecule has 2 N–H and O–H groups in total. The Morgan fingerprint density at radius 1 is 1.40 bits per heavy atom. The lowest BCUT2D eigenvalue weighted by Gasteiger charge is -1.82. The number of pyridine rings is 1. The Hall–Kier alpha value is -1.05. The van der Waals surface area contributed by atoms with Crippen LogP contribution in [-0.2, 0) is 0 Å². The molecule has 0 aliphatic heterocycles. The minimum atomic E-state index is 0.572. The van der Waals surface area contributed by atoms with E-state index in [0.29, 0.717) is 5.82 Å². The standard InChI is InChI=1S/C5H6N2.C3H8/c6-5-3-1-2-4-7-5;1-3-2/h1-4H,(H2,6,7);3H2,1-2H3. The molecule has 0 fully saturated rings. The summed E-state index contributed by atoms with van der Waals surface area (Å²) in [6.45, 7) is 4.25.